The molecule has 0 bridgehead atoms. The molecule has 0 atom stereocenters. The zero-order chi connectivity index (χ0) is 13.3. The van der Waals surface area contributed by atoms with Crippen molar-refractivity contribution in [1.82, 2.24) is 5.32 Å². The van der Waals surface area contributed by atoms with Gasteiger partial charge in [-0.15, -0.1) is 0 Å². The number of nitrogens with one attached hydrogen (secondary N) is 1. The van der Waals surface area contributed by atoms with Crippen LogP contribution in [0.1, 0.15) is 26.3 Å². The molecular formula is C12H15F4N. The topological polar surface area (TPSA) is 12.0 Å². The van der Waals surface area contributed by atoms with E-state index in [4.69, 9.17) is 0 Å². The molecule has 0 heterocycles. The minimum absolute atomic E-state index is 0.491. The van der Waals surface area contributed by atoms with E-state index in [9.17, 15) is 17.6 Å². The fourth-order valence-corrected chi connectivity index (χ4v) is 1.24. The highest BCUT2D eigenvalue weighted by Gasteiger charge is 2.33. The number of halogens is 4. The van der Waals surface area contributed by atoms with Gasteiger partial charge in [0, 0.05) is 17.2 Å². The van der Waals surface area contributed by atoms with Crippen molar-refractivity contribution in [1.29, 1.82) is 0 Å². The molecule has 1 rings (SSSR count). The first kappa shape index (κ1) is 14.0. The van der Waals surface area contributed by atoms with Gasteiger partial charge in [-0.05, 0) is 32.9 Å². The molecule has 0 fully saturated rings. The Morgan fingerprint density at radius 3 is 1.88 bits per heavy atom. The van der Waals surface area contributed by atoms with Crippen molar-refractivity contribution in [2.45, 2.75) is 32.2 Å². The minimum atomic E-state index is -3.31. The normalized spacial score (nSPS) is 12.9. The molecule has 17 heavy (non-hydrogen) atoms. The summed E-state index contributed by atoms with van der Waals surface area (Å²) in [6.07, 6.45) is 0. The lowest BCUT2D eigenvalue weighted by Gasteiger charge is -2.25. The average molecular weight is 249 g/mol. The van der Waals surface area contributed by atoms with Gasteiger partial charge in [0.2, 0.25) is 0 Å². The maximum atomic E-state index is 13.7. The van der Waals surface area contributed by atoms with Gasteiger partial charge in [-0.3, -0.25) is 0 Å². The van der Waals surface area contributed by atoms with Gasteiger partial charge < -0.3 is 5.32 Å². The Morgan fingerprint density at radius 1 is 1.00 bits per heavy atom. The Balaban J connectivity index is 2.88. The third kappa shape index (κ3) is 4.34. The van der Waals surface area contributed by atoms with Crippen LogP contribution < -0.4 is 5.32 Å². The van der Waals surface area contributed by atoms with Crippen LogP contribution in [0.4, 0.5) is 17.6 Å². The third-order valence-electron chi connectivity index (χ3n) is 2.13. The van der Waals surface area contributed by atoms with Crippen molar-refractivity contribution >= 4 is 0 Å². The Kier molecular flexibility index (Phi) is 3.81. The Morgan fingerprint density at radius 2 is 1.47 bits per heavy atom. The Hall–Kier alpha value is -1.10. The van der Waals surface area contributed by atoms with E-state index in [1.807, 2.05) is 0 Å². The lowest BCUT2D eigenvalue weighted by atomic mass is 10.1. The summed E-state index contributed by atoms with van der Waals surface area (Å²) in [5.41, 5.74) is -1.15. The van der Waals surface area contributed by atoms with Crippen LogP contribution in [-0.2, 0) is 5.92 Å². The zero-order valence-electron chi connectivity index (χ0n) is 9.95. The molecule has 0 spiro atoms. The number of rotatable bonds is 3. The molecule has 96 valence electrons. The van der Waals surface area contributed by atoms with Gasteiger partial charge in [0.05, 0.1) is 6.54 Å². The summed E-state index contributed by atoms with van der Waals surface area (Å²) in [6, 6.07) is 1.86. The first-order chi connectivity index (χ1) is 7.60. The SMILES string of the molecule is CC(C)(C)NCC(F)(F)c1cc(F)cc(F)c1. The molecule has 0 amide bonds. The van der Waals surface area contributed by atoms with Crippen LogP contribution in [0.3, 0.4) is 0 Å². The Bertz CT molecular complexity index is 376. The predicted molar refractivity (Wildman–Crippen MR) is 58.0 cm³/mol. The van der Waals surface area contributed by atoms with E-state index in [-0.39, 0.29) is 0 Å². The monoisotopic (exact) mass is 249 g/mol. The standard InChI is InChI=1S/C12H15F4N/c1-11(2,3)17-7-12(15,16)8-4-9(13)6-10(14)5-8/h4-6,17H,7H2,1-3H3. The Labute approximate surface area is 97.8 Å². The molecule has 1 N–H and O–H groups in total. The van der Waals surface area contributed by atoms with Crippen molar-refractivity contribution in [2.24, 2.45) is 0 Å². The summed E-state index contributed by atoms with van der Waals surface area (Å²) in [7, 11) is 0. The summed E-state index contributed by atoms with van der Waals surface area (Å²) >= 11 is 0. The van der Waals surface area contributed by atoms with E-state index < -0.39 is 35.2 Å². The molecule has 0 aliphatic carbocycles. The predicted octanol–water partition coefficient (Wildman–Crippen LogP) is 3.44. The minimum Gasteiger partial charge on any atom is -0.306 e. The number of hydrogen-bond donors (Lipinski definition) is 1. The highest BCUT2D eigenvalue weighted by Crippen LogP contribution is 2.28. The quantitative estimate of drug-likeness (QED) is 0.809. The first-order valence-electron chi connectivity index (χ1n) is 5.20. The van der Waals surface area contributed by atoms with E-state index in [2.05, 4.69) is 5.32 Å². The van der Waals surface area contributed by atoms with Crippen LogP contribution in [0, 0.1) is 11.6 Å². The van der Waals surface area contributed by atoms with Crippen molar-refractivity contribution in [3.8, 4) is 0 Å². The van der Waals surface area contributed by atoms with Crippen molar-refractivity contribution < 1.29 is 17.6 Å². The lowest BCUT2D eigenvalue weighted by Crippen LogP contribution is -2.42. The molecule has 1 aromatic rings. The van der Waals surface area contributed by atoms with Crippen LogP contribution >= 0.6 is 0 Å². The number of alkyl halides is 2. The summed E-state index contributed by atoms with van der Waals surface area (Å²) in [4.78, 5) is 0. The van der Waals surface area contributed by atoms with Crippen LogP contribution in [0.2, 0.25) is 0 Å². The van der Waals surface area contributed by atoms with E-state index in [1.165, 1.54) is 0 Å². The largest absolute Gasteiger partial charge is 0.306 e. The summed E-state index contributed by atoms with van der Waals surface area (Å²) in [5.74, 6) is -5.32. The molecular weight excluding hydrogens is 234 g/mol. The summed E-state index contributed by atoms with van der Waals surface area (Å²) < 4.78 is 53.0. The van der Waals surface area contributed by atoms with Gasteiger partial charge in [0.25, 0.3) is 5.92 Å². The van der Waals surface area contributed by atoms with E-state index in [0.717, 1.165) is 0 Å². The highest BCUT2D eigenvalue weighted by molar-refractivity contribution is 5.22. The molecule has 0 saturated carbocycles. The zero-order valence-corrected chi connectivity index (χ0v) is 9.95. The molecule has 5 heteroatoms. The summed E-state index contributed by atoms with van der Waals surface area (Å²) in [6.45, 7) is 4.53. The second-order valence-corrected chi connectivity index (χ2v) is 4.97. The van der Waals surface area contributed by atoms with Crippen LogP contribution in [0.15, 0.2) is 18.2 Å². The molecule has 0 aliphatic rings. The summed E-state index contributed by atoms with van der Waals surface area (Å²) in [5, 5.41) is 2.60. The fourth-order valence-electron chi connectivity index (χ4n) is 1.24. The lowest BCUT2D eigenvalue weighted by molar-refractivity contribution is -0.00917. The molecule has 0 saturated heterocycles. The second kappa shape index (κ2) is 4.64. The van der Waals surface area contributed by atoms with Gasteiger partial charge in [-0.25, -0.2) is 8.78 Å². The third-order valence-corrected chi connectivity index (χ3v) is 2.13. The van der Waals surface area contributed by atoms with Gasteiger partial charge in [0.1, 0.15) is 11.6 Å². The number of benzene rings is 1. The molecule has 0 radical (unpaired) electrons. The van der Waals surface area contributed by atoms with Crippen molar-refractivity contribution in [3.63, 3.8) is 0 Å². The maximum Gasteiger partial charge on any atom is 0.285 e. The number of hydrogen-bond acceptors (Lipinski definition) is 1. The molecule has 0 aliphatic heterocycles. The van der Waals surface area contributed by atoms with Crippen molar-refractivity contribution in [2.75, 3.05) is 6.54 Å². The van der Waals surface area contributed by atoms with Gasteiger partial charge >= 0.3 is 0 Å². The van der Waals surface area contributed by atoms with Crippen molar-refractivity contribution in [3.05, 3.63) is 35.4 Å². The van der Waals surface area contributed by atoms with E-state index in [0.29, 0.717) is 18.2 Å². The van der Waals surface area contributed by atoms with Gasteiger partial charge in [-0.2, -0.15) is 8.78 Å². The van der Waals surface area contributed by atoms with Crippen LogP contribution in [0.5, 0.6) is 0 Å². The molecule has 0 aromatic heterocycles. The maximum absolute atomic E-state index is 13.7. The highest BCUT2D eigenvalue weighted by atomic mass is 19.3. The van der Waals surface area contributed by atoms with Gasteiger partial charge in [-0.1, -0.05) is 0 Å². The first-order valence-corrected chi connectivity index (χ1v) is 5.20. The second-order valence-electron chi connectivity index (χ2n) is 4.97. The fraction of sp³-hybridized carbons (Fsp3) is 0.500. The molecule has 0 unspecified atom stereocenters. The smallest absolute Gasteiger partial charge is 0.285 e. The van der Waals surface area contributed by atoms with E-state index >= 15 is 0 Å². The van der Waals surface area contributed by atoms with Gasteiger partial charge in [0.15, 0.2) is 0 Å². The van der Waals surface area contributed by atoms with Crippen LogP contribution in [0.25, 0.3) is 0 Å². The van der Waals surface area contributed by atoms with Crippen LogP contribution in [-0.4, -0.2) is 12.1 Å². The van der Waals surface area contributed by atoms with E-state index in [1.54, 1.807) is 20.8 Å². The average Bonchev–Trinajstić information content (AvgIpc) is 2.12. The molecule has 1 nitrogen and oxygen atoms in total. The molecule has 1 aromatic carbocycles.